The number of hydrogen-bond acceptors (Lipinski definition) is 7. The van der Waals surface area contributed by atoms with E-state index in [0.29, 0.717) is 34.4 Å². The number of anilines is 3. The third-order valence-electron chi connectivity index (χ3n) is 4.48. The minimum Gasteiger partial charge on any atom is -0.493 e. The summed E-state index contributed by atoms with van der Waals surface area (Å²) in [5.41, 5.74) is 1.84. The van der Waals surface area contributed by atoms with Gasteiger partial charge in [0.25, 0.3) is 5.91 Å². The predicted octanol–water partition coefficient (Wildman–Crippen LogP) is 3.68. The zero-order chi connectivity index (χ0) is 21.6. The van der Waals surface area contributed by atoms with Gasteiger partial charge in [0.15, 0.2) is 11.5 Å². The summed E-state index contributed by atoms with van der Waals surface area (Å²) in [6.45, 7) is 0. The highest BCUT2D eigenvalue weighted by Gasteiger charge is 2.16. The standard InChI is InChI=1S/C22H20N6O3/c1-30-18-5-3-4-17(21(18)31-2)22(29)27-16-8-6-15(7-9-16)26-19-12-20(25-13-24-19)28-11-10-23-14-28/h3-14H,1-2H3,(H,27,29)(H,24,25,26). The fourth-order valence-electron chi connectivity index (χ4n) is 3.00. The number of carbonyl (C=O) groups excluding carboxylic acids is 1. The summed E-state index contributed by atoms with van der Waals surface area (Å²) in [5, 5.41) is 6.08. The number of methoxy groups -OCH3 is 2. The second kappa shape index (κ2) is 8.95. The van der Waals surface area contributed by atoms with Crippen molar-refractivity contribution in [1.29, 1.82) is 0 Å². The van der Waals surface area contributed by atoms with Crippen LogP contribution >= 0.6 is 0 Å². The second-order valence-electron chi connectivity index (χ2n) is 6.43. The maximum atomic E-state index is 12.7. The minimum atomic E-state index is -0.294. The average Bonchev–Trinajstić information content (AvgIpc) is 3.35. The van der Waals surface area contributed by atoms with E-state index in [4.69, 9.17) is 9.47 Å². The molecule has 0 aliphatic rings. The van der Waals surface area contributed by atoms with Gasteiger partial charge < -0.3 is 20.1 Å². The Balaban J connectivity index is 1.46. The molecule has 4 rings (SSSR count). The Morgan fingerprint density at radius 2 is 1.81 bits per heavy atom. The molecule has 0 fully saturated rings. The van der Waals surface area contributed by atoms with Crippen LogP contribution in [0.1, 0.15) is 10.4 Å². The van der Waals surface area contributed by atoms with Gasteiger partial charge in [-0.2, -0.15) is 0 Å². The molecule has 0 spiro atoms. The first-order valence-electron chi connectivity index (χ1n) is 9.37. The van der Waals surface area contributed by atoms with Crippen molar-refractivity contribution in [2.24, 2.45) is 0 Å². The monoisotopic (exact) mass is 416 g/mol. The summed E-state index contributed by atoms with van der Waals surface area (Å²) in [6.07, 6.45) is 6.64. The largest absolute Gasteiger partial charge is 0.493 e. The van der Waals surface area contributed by atoms with Crippen LogP contribution in [0.25, 0.3) is 5.82 Å². The highest BCUT2D eigenvalue weighted by molar-refractivity contribution is 6.06. The maximum Gasteiger partial charge on any atom is 0.259 e. The first-order chi connectivity index (χ1) is 15.2. The molecule has 4 aromatic rings. The predicted molar refractivity (Wildman–Crippen MR) is 116 cm³/mol. The maximum absolute atomic E-state index is 12.7. The Bertz CT molecular complexity index is 1180. The van der Waals surface area contributed by atoms with Crippen LogP contribution in [0.15, 0.2) is 73.6 Å². The molecule has 0 aliphatic heterocycles. The molecule has 2 aromatic carbocycles. The molecule has 31 heavy (non-hydrogen) atoms. The number of hydrogen-bond donors (Lipinski definition) is 2. The Morgan fingerprint density at radius 1 is 1.00 bits per heavy atom. The van der Waals surface area contributed by atoms with E-state index in [2.05, 4.69) is 25.6 Å². The number of ether oxygens (including phenoxy) is 2. The van der Waals surface area contributed by atoms with Crippen LogP contribution in [0.5, 0.6) is 11.5 Å². The van der Waals surface area contributed by atoms with Crippen LogP contribution in [0.4, 0.5) is 17.2 Å². The first kappa shape index (κ1) is 19.9. The van der Waals surface area contributed by atoms with Crippen molar-refractivity contribution < 1.29 is 14.3 Å². The van der Waals surface area contributed by atoms with E-state index >= 15 is 0 Å². The number of nitrogens with one attached hydrogen (secondary N) is 2. The first-order valence-corrected chi connectivity index (χ1v) is 9.37. The molecule has 1 amide bonds. The number of aromatic nitrogens is 4. The summed E-state index contributed by atoms with van der Waals surface area (Å²) >= 11 is 0. The van der Waals surface area contributed by atoms with Crippen LogP contribution < -0.4 is 20.1 Å². The Hall–Kier alpha value is -4.40. The van der Waals surface area contributed by atoms with Gasteiger partial charge in [-0.05, 0) is 36.4 Å². The summed E-state index contributed by atoms with van der Waals surface area (Å²) in [6, 6.07) is 14.3. The molecular weight excluding hydrogens is 396 g/mol. The Morgan fingerprint density at radius 3 is 2.52 bits per heavy atom. The van der Waals surface area contributed by atoms with Gasteiger partial charge in [-0.1, -0.05) is 6.07 Å². The molecule has 2 heterocycles. The summed E-state index contributed by atoms with van der Waals surface area (Å²) in [5.74, 6) is 1.92. The molecule has 9 heteroatoms. The van der Waals surface area contributed by atoms with E-state index in [-0.39, 0.29) is 5.91 Å². The minimum absolute atomic E-state index is 0.294. The third-order valence-corrected chi connectivity index (χ3v) is 4.48. The number of amides is 1. The lowest BCUT2D eigenvalue weighted by Crippen LogP contribution is -2.13. The van der Waals surface area contributed by atoms with Gasteiger partial charge in [-0.15, -0.1) is 0 Å². The van der Waals surface area contributed by atoms with Crippen molar-refractivity contribution in [3.8, 4) is 17.3 Å². The summed E-state index contributed by atoms with van der Waals surface area (Å²) in [7, 11) is 3.03. The lowest BCUT2D eigenvalue weighted by atomic mass is 10.1. The van der Waals surface area contributed by atoms with Gasteiger partial charge in [0, 0.05) is 29.8 Å². The second-order valence-corrected chi connectivity index (χ2v) is 6.43. The molecule has 156 valence electrons. The fraction of sp³-hybridized carbons (Fsp3) is 0.0909. The summed E-state index contributed by atoms with van der Waals surface area (Å²) < 4.78 is 12.4. The molecule has 0 radical (unpaired) electrons. The third kappa shape index (κ3) is 4.45. The SMILES string of the molecule is COc1cccc(C(=O)Nc2ccc(Nc3cc(-n4ccnc4)ncn3)cc2)c1OC. The quantitative estimate of drug-likeness (QED) is 0.474. The molecule has 0 aliphatic carbocycles. The Labute approximate surface area is 178 Å². The molecule has 0 saturated heterocycles. The van der Waals surface area contributed by atoms with Crippen LogP contribution in [0.3, 0.4) is 0 Å². The molecule has 0 bridgehead atoms. The molecule has 0 saturated carbocycles. The summed E-state index contributed by atoms with van der Waals surface area (Å²) in [4.78, 5) is 25.2. The van der Waals surface area contributed by atoms with Crippen LogP contribution in [-0.4, -0.2) is 39.6 Å². The van der Waals surface area contributed by atoms with E-state index < -0.39 is 0 Å². The molecular formula is C22H20N6O3. The Kier molecular flexibility index (Phi) is 5.75. The topological polar surface area (TPSA) is 103 Å². The van der Waals surface area contributed by atoms with Crippen molar-refractivity contribution in [2.75, 3.05) is 24.9 Å². The molecule has 0 atom stereocenters. The van der Waals surface area contributed by atoms with E-state index in [0.717, 1.165) is 5.69 Å². The highest BCUT2D eigenvalue weighted by Crippen LogP contribution is 2.31. The average molecular weight is 416 g/mol. The van der Waals surface area contributed by atoms with Gasteiger partial charge in [-0.25, -0.2) is 15.0 Å². The smallest absolute Gasteiger partial charge is 0.259 e. The van der Waals surface area contributed by atoms with Gasteiger partial charge in [0.2, 0.25) is 0 Å². The van der Waals surface area contributed by atoms with E-state index in [1.807, 2.05) is 18.2 Å². The van der Waals surface area contributed by atoms with E-state index in [1.165, 1.54) is 20.5 Å². The molecule has 0 unspecified atom stereocenters. The number of imidazole rings is 1. The lowest BCUT2D eigenvalue weighted by molar-refractivity contribution is 0.102. The fourth-order valence-corrected chi connectivity index (χ4v) is 3.00. The van der Waals surface area contributed by atoms with Crippen molar-refractivity contribution >= 4 is 23.1 Å². The highest BCUT2D eigenvalue weighted by atomic mass is 16.5. The molecule has 2 aromatic heterocycles. The van der Waals surface area contributed by atoms with Crippen LogP contribution in [0.2, 0.25) is 0 Å². The van der Waals surface area contributed by atoms with Crippen molar-refractivity contribution in [3.63, 3.8) is 0 Å². The van der Waals surface area contributed by atoms with Crippen LogP contribution in [-0.2, 0) is 0 Å². The zero-order valence-corrected chi connectivity index (χ0v) is 16.9. The van der Waals surface area contributed by atoms with Gasteiger partial charge in [0.05, 0.1) is 19.8 Å². The van der Waals surface area contributed by atoms with Crippen LogP contribution in [0, 0.1) is 0 Å². The number of nitrogens with zero attached hydrogens (tertiary/aromatic N) is 4. The number of para-hydroxylation sites is 1. The molecule has 2 N–H and O–H groups in total. The van der Waals surface area contributed by atoms with E-state index in [1.54, 1.807) is 53.6 Å². The lowest BCUT2D eigenvalue weighted by Gasteiger charge is -2.13. The van der Waals surface area contributed by atoms with Crippen molar-refractivity contribution in [1.82, 2.24) is 19.5 Å². The van der Waals surface area contributed by atoms with Gasteiger partial charge >= 0.3 is 0 Å². The number of benzene rings is 2. The number of carbonyl (C=O) groups is 1. The zero-order valence-electron chi connectivity index (χ0n) is 16.9. The normalized spacial score (nSPS) is 10.4. The number of rotatable bonds is 7. The van der Waals surface area contributed by atoms with E-state index in [9.17, 15) is 4.79 Å². The van der Waals surface area contributed by atoms with Crippen molar-refractivity contribution in [2.45, 2.75) is 0 Å². The van der Waals surface area contributed by atoms with Gasteiger partial charge in [0.1, 0.15) is 24.3 Å². The molecule has 9 nitrogen and oxygen atoms in total. The van der Waals surface area contributed by atoms with Crippen molar-refractivity contribution in [3.05, 3.63) is 79.1 Å². The van der Waals surface area contributed by atoms with Gasteiger partial charge in [-0.3, -0.25) is 9.36 Å².